The standard InChI is InChI=1S/C15H18N2O4/c1-15(14(19)20)8-21-7-12(15)17-13(18)10-6-16-11-5-3-2-4-9(10)11/h2-5,10,12,16H,6-8H2,1H3,(H,17,18)(H,19,20). The molecule has 1 aromatic carbocycles. The average molecular weight is 290 g/mol. The van der Waals surface area contributed by atoms with Crippen LogP contribution < -0.4 is 10.6 Å². The molecule has 3 unspecified atom stereocenters. The molecule has 1 amide bonds. The maximum Gasteiger partial charge on any atom is 0.313 e. The van der Waals surface area contributed by atoms with E-state index in [0.717, 1.165) is 11.3 Å². The Kier molecular flexibility index (Phi) is 3.33. The number of hydrogen-bond acceptors (Lipinski definition) is 4. The molecule has 0 spiro atoms. The van der Waals surface area contributed by atoms with E-state index in [4.69, 9.17) is 4.74 Å². The predicted molar refractivity (Wildman–Crippen MR) is 76.2 cm³/mol. The molecule has 0 aliphatic carbocycles. The van der Waals surface area contributed by atoms with Crippen LogP contribution in [0.15, 0.2) is 24.3 Å². The zero-order valence-corrected chi connectivity index (χ0v) is 11.8. The van der Waals surface area contributed by atoms with E-state index >= 15 is 0 Å². The summed E-state index contributed by atoms with van der Waals surface area (Å²) in [6.07, 6.45) is 0. The number of amides is 1. The van der Waals surface area contributed by atoms with Crippen LogP contribution in [-0.2, 0) is 14.3 Å². The van der Waals surface area contributed by atoms with Gasteiger partial charge in [-0.3, -0.25) is 9.59 Å². The smallest absolute Gasteiger partial charge is 0.313 e. The highest BCUT2D eigenvalue weighted by Crippen LogP contribution is 2.33. The van der Waals surface area contributed by atoms with Crippen molar-refractivity contribution in [3.05, 3.63) is 29.8 Å². The monoisotopic (exact) mass is 290 g/mol. The number of carbonyl (C=O) groups excluding carboxylic acids is 1. The van der Waals surface area contributed by atoms with E-state index < -0.39 is 17.4 Å². The van der Waals surface area contributed by atoms with Crippen LogP contribution in [0.3, 0.4) is 0 Å². The van der Waals surface area contributed by atoms with E-state index in [9.17, 15) is 14.7 Å². The Bertz CT molecular complexity index is 589. The lowest BCUT2D eigenvalue weighted by Crippen LogP contribution is -2.51. The van der Waals surface area contributed by atoms with Crippen molar-refractivity contribution in [3.8, 4) is 0 Å². The molecule has 1 saturated heterocycles. The summed E-state index contributed by atoms with van der Waals surface area (Å²) in [5.74, 6) is -1.40. The Morgan fingerprint density at radius 2 is 2.19 bits per heavy atom. The predicted octanol–water partition coefficient (Wildman–Crippen LogP) is 0.802. The summed E-state index contributed by atoms with van der Waals surface area (Å²) in [7, 11) is 0. The third-order valence-corrected chi connectivity index (χ3v) is 4.41. The largest absolute Gasteiger partial charge is 0.481 e. The fourth-order valence-electron chi connectivity index (χ4n) is 2.88. The molecule has 1 aromatic rings. The van der Waals surface area contributed by atoms with Gasteiger partial charge >= 0.3 is 5.97 Å². The fourth-order valence-corrected chi connectivity index (χ4v) is 2.88. The number of carboxylic acid groups (broad SMARTS) is 1. The highest BCUT2D eigenvalue weighted by molar-refractivity contribution is 5.89. The van der Waals surface area contributed by atoms with E-state index in [1.54, 1.807) is 6.92 Å². The maximum absolute atomic E-state index is 12.5. The third-order valence-electron chi connectivity index (χ3n) is 4.41. The van der Waals surface area contributed by atoms with E-state index in [-0.39, 0.29) is 25.0 Å². The van der Waals surface area contributed by atoms with Gasteiger partial charge in [0.25, 0.3) is 0 Å². The van der Waals surface area contributed by atoms with Crippen molar-refractivity contribution in [3.63, 3.8) is 0 Å². The van der Waals surface area contributed by atoms with Gasteiger partial charge in [0, 0.05) is 12.2 Å². The highest BCUT2D eigenvalue weighted by atomic mass is 16.5. The number of rotatable bonds is 3. The van der Waals surface area contributed by atoms with Crippen molar-refractivity contribution in [1.29, 1.82) is 0 Å². The number of anilines is 1. The zero-order chi connectivity index (χ0) is 15.0. The lowest BCUT2D eigenvalue weighted by Gasteiger charge is -2.26. The first-order chi connectivity index (χ1) is 10.0. The Hall–Kier alpha value is -2.08. The summed E-state index contributed by atoms with van der Waals surface area (Å²) in [6, 6.07) is 7.16. The summed E-state index contributed by atoms with van der Waals surface area (Å²) in [4.78, 5) is 23.9. The lowest BCUT2D eigenvalue weighted by molar-refractivity contribution is -0.149. The summed E-state index contributed by atoms with van der Waals surface area (Å²) in [5.41, 5.74) is 0.841. The van der Waals surface area contributed by atoms with E-state index in [1.807, 2.05) is 24.3 Å². The number of carbonyl (C=O) groups is 2. The van der Waals surface area contributed by atoms with Crippen molar-refractivity contribution in [2.45, 2.75) is 18.9 Å². The summed E-state index contributed by atoms with van der Waals surface area (Å²) >= 11 is 0. The number of hydrogen-bond donors (Lipinski definition) is 3. The van der Waals surface area contributed by atoms with Crippen LogP contribution in [0, 0.1) is 5.41 Å². The molecular formula is C15H18N2O4. The topological polar surface area (TPSA) is 87.7 Å². The molecule has 3 atom stereocenters. The van der Waals surface area contributed by atoms with Crippen molar-refractivity contribution < 1.29 is 19.4 Å². The first kappa shape index (κ1) is 13.9. The molecule has 1 fully saturated rings. The van der Waals surface area contributed by atoms with Crippen LogP contribution >= 0.6 is 0 Å². The molecule has 6 nitrogen and oxygen atoms in total. The minimum absolute atomic E-state index is 0.118. The Morgan fingerprint density at radius 3 is 2.95 bits per heavy atom. The van der Waals surface area contributed by atoms with Gasteiger partial charge in [-0.05, 0) is 18.6 Å². The number of benzene rings is 1. The molecule has 0 bridgehead atoms. The Labute approximate surface area is 122 Å². The molecule has 2 aliphatic rings. The minimum Gasteiger partial charge on any atom is -0.481 e. The second kappa shape index (κ2) is 5.04. The van der Waals surface area contributed by atoms with Gasteiger partial charge in [-0.2, -0.15) is 0 Å². The van der Waals surface area contributed by atoms with Gasteiger partial charge < -0.3 is 20.5 Å². The van der Waals surface area contributed by atoms with E-state index in [1.165, 1.54) is 0 Å². The highest BCUT2D eigenvalue weighted by Gasteiger charge is 2.48. The number of ether oxygens (including phenoxy) is 1. The molecule has 0 saturated carbocycles. The average Bonchev–Trinajstić information content (AvgIpc) is 3.04. The summed E-state index contributed by atoms with van der Waals surface area (Å²) in [6.45, 7) is 2.49. The van der Waals surface area contributed by atoms with Gasteiger partial charge in [-0.15, -0.1) is 0 Å². The molecular weight excluding hydrogens is 272 g/mol. The van der Waals surface area contributed by atoms with Crippen LogP contribution in [0.1, 0.15) is 18.4 Å². The van der Waals surface area contributed by atoms with Gasteiger partial charge in [0.05, 0.1) is 25.2 Å². The summed E-state index contributed by atoms with van der Waals surface area (Å²) in [5, 5.41) is 15.4. The Morgan fingerprint density at radius 1 is 1.43 bits per heavy atom. The van der Waals surface area contributed by atoms with Crippen molar-refractivity contribution in [1.82, 2.24) is 5.32 Å². The molecule has 3 N–H and O–H groups in total. The number of para-hydroxylation sites is 1. The van der Waals surface area contributed by atoms with E-state index in [0.29, 0.717) is 6.54 Å². The van der Waals surface area contributed by atoms with Crippen LogP contribution in [0.5, 0.6) is 0 Å². The summed E-state index contributed by atoms with van der Waals surface area (Å²) < 4.78 is 5.26. The number of aliphatic carboxylic acids is 1. The van der Waals surface area contributed by atoms with Gasteiger partial charge in [-0.25, -0.2) is 0 Å². The number of carboxylic acids is 1. The zero-order valence-electron chi connectivity index (χ0n) is 11.8. The molecule has 6 heteroatoms. The maximum atomic E-state index is 12.5. The first-order valence-corrected chi connectivity index (χ1v) is 6.96. The van der Waals surface area contributed by atoms with Crippen molar-refractivity contribution >= 4 is 17.6 Å². The van der Waals surface area contributed by atoms with Crippen LogP contribution in [-0.4, -0.2) is 42.8 Å². The minimum atomic E-state index is -1.07. The van der Waals surface area contributed by atoms with Crippen LogP contribution in [0.25, 0.3) is 0 Å². The second-order valence-corrected chi connectivity index (χ2v) is 5.82. The van der Waals surface area contributed by atoms with Crippen LogP contribution in [0.2, 0.25) is 0 Å². The number of nitrogens with one attached hydrogen (secondary N) is 2. The van der Waals surface area contributed by atoms with E-state index in [2.05, 4.69) is 10.6 Å². The molecule has 2 aliphatic heterocycles. The van der Waals surface area contributed by atoms with Crippen molar-refractivity contribution in [2.75, 3.05) is 25.1 Å². The van der Waals surface area contributed by atoms with Gasteiger partial charge in [0.2, 0.25) is 5.91 Å². The third kappa shape index (κ3) is 2.25. The van der Waals surface area contributed by atoms with Crippen molar-refractivity contribution in [2.24, 2.45) is 5.41 Å². The van der Waals surface area contributed by atoms with Gasteiger partial charge in [0.1, 0.15) is 5.41 Å². The molecule has 0 radical (unpaired) electrons. The SMILES string of the molecule is CC1(C(=O)O)COCC1NC(=O)C1CNc2ccccc21. The number of fused-ring (bicyclic) bond motifs is 1. The quantitative estimate of drug-likeness (QED) is 0.766. The normalized spacial score (nSPS) is 30.5. The molecule has 112 valence electrons. The van der Waals surface area contributed by atoms with Gasteiger partial charge in [-0.1, -0.05) is 18.2 Å². The Balaban J connectivity index is 1.75. The molecule has 2 heterocycles. The fraction of sp³-hybridized carbons (Fsp3) is 0.467. The first-order valence-electron chi connectivity index (χ1n) is 6.96. The van der Waals surface area contributed by atoms with Gasteiger partial charge in [0.15, 0.2) is 0 Å². The molecule has 0 aromatic heterocycles. The van der Waals surface area contributed by atoms with Crippen LogP contribution in [0.4, 0.5) is 5.69 Å². The second-order valence-electron chi connectivity index (χ2n) is 5.82. The molecule has 21 heavy (non-hydrogen) atoms. The molecule has 3 rings (SSSR count). The lowest BCUT2D eigenvalue weighted by atomic mass is 9.85.